The number of halogens is 2. The van der Waals surface area contributed by atoms with E-state index in [1.807, 2.05) is 0 Å². The fourth-order valence-corrected chi connectivity index (χ4v) is 3.35. The van der Waals surface area contributed by atoms with E-state index in [2.05, 4.69) is 5.32 Å². The minimum absolute atomic E-state index is 0.0506. The third kappa shape index (κ3) is 7.61. The van der Waals surface area contributed by atoms with Gasteiger partial charge in [0.2, 0.25) is 0 Å². The highest BCUT2D eigenvalue weighted by atomic mass is 35.5. The van der Waals surface area contributed by atoms with Crippen molar-refractivity contribution in [2.45, 2.75) is 38.7 Å². The lowest BCUT2D eigenvalue weighted by Gasteiger charge is -2.14. The summed E-state index contributed by atoms with van der Waals surface area (Å²) >= 11 is 13.2. The third-order valence-corrected chi connectivity index (χ3v) is 5.37. The van der Waals surface area contributed by atoms with Crippen LogP contribution in [0.1, 0.15) is 42.3 Å². The van der Waals surface area contributed by atoms with Gasteiger partial charge in [-0.15, -0.1) is 11.3 Å². The van der Waals surface area contributed by atoms with Crippen molar-refractivity contribution in [2.75, 3.05) is 5.32 Å². The maximum absolute atomic E-state index is 12.1. The van der Waals surface area contributed by atoms with Crippen molar-refractivity contribution in [3.05, 3.63) is 50.6 Å². The molecule has 1 heterocycles. The number of benzene rings is 1. The largest absolute Gasteiger partial charge is 0.453 e. The molecule has 6 nitrogen and oxygen atoms in total. The number of esters is 1. The zero-order valence-corrected chi connectivity index (χ0v) is 17.9. The molecule has 29 heavy (non-hydrogen) atoms. The number of carbonyl (C=O) groups excluding carboxylic acids is 4. The molecule has 154 valence electrons. The van der Waals surface area contributed by atoms with E-state index >= 15 is 0 Å². The first-order valence-corrected chi connectivity index (χ1v) is 10.4. The van der Waals surface area contributed by atoms with E-state index in [1.165, 1.54) is 30.4 Å². The number of hydrogen-bond donors (Lipinski definition) is 1. The molecule has 0 unspecified atom stereocenters. The fraction of sp³-hybridized carbons (Fsp3) is 0.300. The van der Waals surface area contributed by atoms with Crippen LogP contribution in [0.4, 0.5) is 5.69 Å². The summed E-state index contributed by atoms with van der Waals surface area (Å²) in [4.78, 5) is 48.4. The summed E-state index contributed by atoms with van der Waals surface area (Å²) in [7, 11) is 0. The quantitative estimate of drug-likeness (QED) is 0.404. The number of nitrogens with one attached hydrogen (secondary N) is 1. The van der Waals surface area contributed by atoms with Gasteiger partial charge in [-0.3, -0.25) is 19.2 Å². The number of hydrogen-bond acceptors (Lipinski definition) is 6. The Morgan fingerprint density at radius 1 is 1.07 bits per heavy atom. The van der Waals surface area contributed by atoms with Crippen molar-refractivity contribution in [2.24, 2.45) is 0 Å². The van der Waals surface area contributed by atoms with Gasteiger partial charge in [0.1, 0.15) is 5.78 Å². The molecule has 2 rings (SSSR count). The maximum atomic E-state index is 12.1. The summed E-state index contributed by atoms with van der Waals surface area (Å²) in [5, 5.41) is 5.01. The van der Waals surface area contributed by atoms with E-state index < -0.39 is 18.0 Å². The standard InChI is InChI=1S/C20H19Cl2NO5S/c1-12(20(27)23-16-11-13(21)4-7-15(16)22)28-19(26)9-6-14(24)5-8-17(25)18-3-2-10-29-18/h2-4,7,10-12H,5-6,8-9H2,1H3,(H,23,27)/t12-/m1/s1. The Kier molecular flexibility index (Phi) is 8.82. The van der Waals surface area contributed by atoms with E-state index in [-0.39, 0.29) is 37.2 Å². The number of ether oxygens (including phenoxy) is 1. The van der Waals surface area contributed by atoms with Gasteiger partial charge in [-0.25, -0.2) is 0 Å². The van der Waals surface area contributed by atoms with Crippen molar-refractivity contribution >= 4 is 63.7 Å². The van der Waals surface area contributed by atoms with Gasteiger partial charge in [0.05, 0.1) is 22.0 Å². The zero-order valence-electron chi connectivity index (χ0n) is 15.6. The first kappa shape index (κ1) is 23.1. The van der Waals surface area contributed by atoms with Crippen LogP contribution in [0.2, 0.25) is 10.0 Å². The molecule has 0 aliphatic rings. The molecule has 2 aromatic rings. The van der Waals surface area contributed by atoms with Crippen LogP contribution in [0, 0.1) is 0 Å². The SMILES string of the molecule is C[C@@H](OC(=O)CCC(=O)CCC(=O)c1cccs1)C(=O)Nc1cc(Cl)ccc1Cl. The second-order valence-corrected chi connectivity index (χ2v) is 7.98. The van der Waals surface area contributed by atoms with E-state index in [0.717, 1.165) is 0 Å². The minimum Gasteiger partial charge on any atom is -0.453 e. The third-order valence-electron chi connectivity index (χ3n) is 3.90. The average molecular weight is 456 g/mol. The van der Waals surface area contributed by atoms with Gasteiger partial charge in [0, 0.05) is 24.3 Å². The Balaban J connectivity index is 1.72. The van der Waals surface area contributed by atoms with Crippen molar-refractivity contribution < 1.29 is 23.9 Å². The first-order chi connectivity index (χ1) is 13.8. The van der Waals surface area contributed by atoms with Crippen molar-refractivity contribution in [3.8, 4) is 0 Å². The van der Waals surface area contributed by atoms with Crippen molar-refractivity contribution in [1.82, 2.24) is 0 Å². The van der Waals surface area contributed by atoms with Crippen LogP contribution in [0.5, 0.6) is 0 Å². The Bertz CT molecular complexity index is 898. The molecule has 1 amide bonds. The minimum atomic E-state index is -1.08. The fourth-order valence-electron chi connectivity index (χ4n) is 2.32. The second-order valence-electron chi connectivity index (χ2n) is 6.18. The number of anilines is 1. The molecule has 1 aromatic heterocycles. The second kappa shape index (κ2) is 11.1. The van der Waals surface area contributed by atoms with Crippen LogP contribution in [0.15, 0.2) is 35.7 Å². The van der Waals surface area contributed by atoms with Gasteiger partial charge in [0.15, 0.2) is 11.9 Å². The predicted octanol–water partition coefficient (Wildman–Crippen LogP) is 4.94. The van der Waals surface area contributed by atoms with Crippen LogP contribution >= 0.6 is 34.5 Å². The van der Waals surface area contributed by atoms with Gasteiger partial charge >= 0.3 is 5.97 Å². The van der Waals surface area contributed by atoms with Gasteiger partial charge in [-0.2, -0.15) is 0 Å². The smallest absolute Gasteiger partial charge is 0.307 e. The summed E-state index contributed by atoms with van der Waals surface area (Å²) in [5.41, 5.74) is 0.303. The highest BCUT2D eigenvalue weighted by molar-refractivity contribution is 7.12. The van der Waals surface area contributed by atoms with E-state index in [0.29, 0.717) is 20.6 Å². The van der Waals surface area contributed by atoms with Crippen LogP contribution in [-0.4, -0.2) is 29.5 Å². The Morgan fingerprint density at radius 2 is 1.79 bits per heavy atom. The van der Waals surface area contributed by atoms with Crippen molar-refractivity contribution in [3.63, 3.8) is 0 Å². The predicted molar refractivity (Wildman–Crippen MR) is 113 cm³/mol. The molecule has 0 aliphatic heterocycles. The summed E-state index contributed by atoms with van der Waals surface area (Å²) in [5.74, 6) is -1.56. The summed E-state index contributed by atoms with van der Waals surface area (Å²) in [6, 6.07) is 8.07. The molecule has 1 atom stereocenters. The zero-order chi connectivity index (χ0) is 21.4. The molecule has 9 heteroatoms. The first-order valence-electron chi connectivity index (χ1n) is 8.80. The Labute approximate surface area is 182 Å². The molecular formula is C20H19Cl2NO5S. The average Bonchev–Trinajstić information content (AvgIpc) is 3.22. The topological polar surface area (TPSA) is 89.5 Å². The lowest BCUT2D eigenvalue weighted by atomic mass is 10.1. The number of carbonyl (C=O) groups is 4. The summed E-state index contributed by atoms with van der Waals surface area (Å²) in [6.07, 6.45) is -1.12. The molecule has 0 spiro atoms. The van der Waals surface area contributed by atoms with Gasteiger partial charge in [-0.1, -0.05) is 29.3 Å². The van der Waals surface area contributed by atoms with E-state index in [9.17, 15) is 19.2 Å². The number of thiophene rings is 1. The lowest BCUT2D eigenvalue weighted by molar-refractivity contribution is -0.153. The van der Waals surface area contributed by atoms with Gasteiger partial charge < -0.3 is 10.1 Å². The normalized spacial score (nSPS) is 11.6. The van der Waals surface area contributed by atoms with Gasteiger partial charge in [-0.05, 0) is 36.6 Å². The molecule has 1 N–H and O–H groups in total. The molecule has 1 aromatic carbocycles. The van der Waals surface area contributed by atoms with Crippen molar-refractivity contribution in [1.29, 1.82) is 0 Å². The molecule has 0 saturated carbocycles. The van der Waals surface area contributed by atoms with Crippen LogP contribution < -0.4 is 5.32 Å². The monoisotopic (exact) mass is 455 g/mol. The number of rotatable bonds is 10. The Hall–Kier alpha value is -2.22. The van der Waals surface area contributed by atoms with Gasteiger partial charge in [0.25, 0.3) is 5.91 Å². The highest BCUT2D eigenvalue weighted by Crippen LogP contribution is 2.25. The van der Waals surface area contributed by atoms with Crippen LogP contribution in [-0.2, 0) is 19.1 Å². The van der Waals surface area contributed by atoms with E-state index in [1.54, 1.807) is 23.6 Å². The summed E-state index contributed by atoms with van der Waals surface area (Å²) in [6.45, 7) is 1.41. The lowest BCUT2D eigenvalue weighted by Crippen LogP contribution is -2.30. The highest BCUT2D eigenvalue weighted by Gasteiger charge is 2.20. The van der Waals surface area contributed by atoms with Crippen LogP contribution in [0.25, 0.3) is 0 Å². The molecule has 0 radical (unpaired) electrons. The number of Topliss-reactive ketones (excluding diaryl/α,β-unsaturated/α-hetero) is 2. The Morgan fingerprint density at radius 3 is 2.48 bits per heavy atom. The molecular weight excluding hydrogens is 437 g/mol. The number of ketones is 2. The summed E-state index contributed by atoms with van der Waals surface area (Å²) < 4.78 is 5.04. The maximum Gasteiger partial charge on any atom is 0.307 e. The van der Waals surface area contributed by atoms with E-state index in [4.69, 9.17) is 27.9 Å². The molecule has 0 aliphatic carbocycles. The molecule has 0 bridgehead atoms. The molecule has 0 saturated heterocycles. The van der Waals surface area contributed by atoms with Crippen LogP contribution in [0.3, 0.4) is 0 Å². The molecule has 0 fully saturated rings. The number of amides is 1.